The van der Waals surface area contributed by atoms with Crippen LogP contribution in [0.25, 0.3) is 0 Å². The first-order valence-electron chi connectivity index (χ1n) is 7.10. The molecule has 0 unspecified atom stereocenters. The van der Waals surface area contributed by atoms with Crippen molar-refractivity contribution in [1.82, 2.24) is 15.5 Å². The molecule has 5 nitrogen and oxygen atoms in total. The SMILES string of the molecule is C=CCNC(=NCC(=O)N(C)C)NCCc1cccc(Cl)c1. The van der Waals surface area contributed by atoms with Gasteiger partial charge in [0.2, 0.25) is 5.91 Å². The highest BCUT2D eigenvalue weighted by Crippen LogP contribution is 2.10. The quantitative estimate of drug-likeness (QED) is 0.456. The van der Waals surface area contributed by atoms with Crippen molar-refractivity contribution >= 4 is 23.5 Å². The zero-order chi connectivity index (χ0) is 16.4. The highest BCUT2D eigenvalue weighted by Gasteiger charge is 2.04. The molecule has 0 fully saturated rings. The Morgan fingerprint density at radius 2 is 2.18 bits per heavy atom. The van der Waals surface area contributed by atoms with Crippen LogP contribution in [-0.4, -0.2) is 50.5 Å². The lowest BCUT2D eigenvalue weighted by molar-refractivity contribution is -0.127. The number of hydrogen-bond acceptors (Lipinski definition) is 2. The predicted octanol–water partition coefficient (Wildman–Crippen LogP) is 1.69. The molecule has 1 aromatic rings. The second kappa shape index (κ2) is 9.84. The Kier molecular flexibility index (Phi) is 8.07. The van der Waals surface area contributed by atoms with Gasteiger partial charge in [0.1, 0.15) is 6.54 Å². The van der Waals surface area contributed by atoms with Crippen LogP contribution >= 0.6 is 11.6 Å². The summed E-state index contributed by atoms with van der Waals surface area (Å²) in [5, 5.41) is 7.01. The van der Waals surface area contributed by atoms with Crippen LogP contribution < -0.4 is 10.6 Å². The van der Waals surface area contributed by atoms with Crippen LogP contribution in [-0.2, 0) is 11.2 Å². The van der Waals surface area contributed by atoms with Crippen LogP contribution in [0, 0.1) is 0 Å². The summed E-state index contributed by atoms with van der Waals surface area (Å²) in [6, 6.07) is 7.74. The fourth-order valence-corrected chi connectivity index (χ4v) is 1.86. The van der Waals surface area contributed by atoms with Crippen LogP contribution in [0.5, 0.6) is 0 Å². The van der Waals surface area contributed by atoms with Crippen LogP contribution in [0.1, 0.15) is 5.56 Å². The third-order valence-corrected chi connectivity index (χ3v) is 3.12. The van der Waals surface area contributed by atoms with Gasteiger partial charge in [-0.1, -0.05) is 29.8 Å². The van der Waals surface area contributed by atoms with E-state index in [1.165, 1.54) is 4.90 Å². The summed E-state index contributed by atoms with van der Waals surface area (Å²) in [7, 11) is 3.42. The number of guanidine groups is 1. The maximum atomic E-state index is 11.6. The molecule has 0 radical (unpaired) electrons. The molecule has 0 aliphatic carbocycles. The molecule has 120 valence electrons. The Morgan fingerprint density at radius 3 is 2.82 bits per heavy atom. The van der Waals surface area contributed by atoms with Crippen molar-refractivity contribution in [2.75, 3.05) is 33.7 Å². The number of nitrogens with zero attached hydrogens (tertiary/aromatic N) is 2. The van der Waals surface area contributed by atoms with E-state index in [4.69, 9.17) is 11.6 Å². The number of amides is 1. The van der Waals surface area contributed by atoms with E-state index in [1.807, 2.05) is 24.3 Å². The van der Waals surface area contributed by atoms with Crippen molar-refractivity contribution in [3.05, 3.63) is 47.5 Å². The van der Waals surface area contributed by atoms with Crippen LogP contribution in [0.15, 0.2) is 41.9 Å². The minimum Gasteiger partial charge on any atom is -0.356 e. The lowest BCUT2D eigenvalue weighted by atomic mass is 10.1. The van der Waals surface area contributed by atoms with E-state index in [0.717, 1.165) is 17.0 Å². The molecule has 0 aromatic heterocycles. The van der Waals surface area contributed by atoms with Crippen molar-refractivity contribution in [3.63, 3.8) is 0 Å². The van der Waals surface area contributed by atoms with Gasteiger partial charge in [0.05, 0.1) is 0 Å². The molecule has 0 spiro atoms. The molecule has 1 rings (SSSR count). The molecule has 0 aliphatic heterocycles. The largest absolute Gasteiger partial charge is 0.356 e. The first kappa shape index (κ1) is 18.0. The van der Waals surface area contributed by atoms with Gasteiger partial charge in [-0.05, 0) is 24.1 Å². The van der Waals surface area contributed by atoms with Gasteiger partial charge in [-0.25, -0.2) is 4.99 Å². The van der Waals surface area contributed by atoms with Gasteiger partial charge in [0.25, 0.3) is 0 Å². The number of aliphatic imine (C=N–C) groups is 1. The second-order valence-electron chi connectivity index (χ2n) is 4.93. The van der Waals surface area contributed by atoms with Gasteiger partial charge in [-0.2, -0.15) is 0 Å². The summed E-state index contributed by atoms with van der Waals surface area (Å²) in [4.78, 5) is 17.4. The minimum absolute atomic E-state index is 0.0467. The molecule has 1 amide bonds. The fourth-order valence-electron chi connectivity index (χ4n) is 1.65. The van der Waals surface area contributed by atoms with Crippen molar-refractivity contribution in [1.29, 1.82) is 0 Å². The highest BCUT2D eigenvalue weighted by atomic mass is 35.5. The fraction of sp³-hybridized carbons (Fsp3) is 0.375. The van der Waals surface area contributed by atoms with Gasteiger partial charge < -0.3 is 15.5 Å². The molecular formula is C16H23ClN4O. The lowest BCUT2D eigenvalue weighted by Crippen LogP contribution is -2.39. The number of nitrogens with one attached hydrogen (secondary N) is 2. The van der Waals surface area contributed by atoms with Gasteiger partial charge >= 0.3 is 0 Å². The summed E-state index contributed by atoms with van der Waals surface area (Å²) in [6.07, 6.45) is 2.55. The topological polar surface area (TPSA) is 56.7 Å². The number of benzene rings is 1. The lowest BCUT2D eigenvalue weighted by Gasteiger charge is -2.13. The normalized spacial score (nSPS) is 11.0. The Labute approximate surface area is 137 Å². The Balaban J connectivity index is 2.51. The smallest absolute Gasteiger partial charge is 0.243 e. The Morgan fingerprint density at radius 1 is 1.41 bits per heavy atom. The first-order valence-corrected chi connectivity index (χ1v) is 7.48. The van der Waals surface area contributed by atoms with Gasteiger partial charge in [-0.3, -0.25) is 4.79 Å². The van der Waals surface area contributed by atoms with Crippen molar-refractivity contribution < 1.29 is 4.79 Å². The molecule has 0 atom stereocenters. The summed E-state index contributed by atoms with van der Waals surface area (Å²) in [5.41, 5.74) is 1.15. The van der Waals surface area contributed by atoms with Gasteiger partial charge in [0.15, 0.2) is 5.96 Å². The molecular weight excluding hydrogens is 300 g/mol. The first-order chi connectivity index (χ1) is 10.5. The molecule has 0 saturated carbocycles. The minimum atomic E-state index is -0.0467. The van der Waals surface area contributed by atoms with Crippen molar-refractivity contribution in [2.24, 2.45) is 4.99 Å². The van der Waals surface area contributed by atoms with E-state index < -0.39 is 0 Å². The average Bonchev–Trinajstić information content (AvgIpc) is 2.49. The second-order valence-corrected chi connectivity index (χ2v) is 5.37. The van der Waals surface area contributed by atoms with Gasteiger partial charge in [0, 0.05) is 32.2 Å². The number of carbonyl (C=O) groups is 1. The Bertz CT molecular complexity index is 529. The number of carbonyl (C=O) groups excluding carboxylic acids is 1. The zero-order valence-electron chi connectivity index (χ0n) is 13.1. The summed E-state index contributed by atoms with van der Waals surface area (Å²) >= 11 is 5.96. The molecule has 0 heterocycles. The monoisotopic (exact) mass is 322 g/mol. The molecule has 1 aromatic carbocycles. The standard InChI is InChI=1S/C16H23ClN4O/c1-4-9-18-16(20-12-15(22)21(2)3)19-10-8-13-6-5-7-14(17)11-13/h4-7,11H,1,8-10,12H2,2-3H3,(H2,18,19,20). The highest BCUT2D eigenvalue weighted by molar-refractivity contribution is 6.30. The summed E-state index contributed by atoms with van der Waals surface area (Å²) in [6.45, 7) is 5.04. The van der Waals surface area contributed by atoms with Gasteiger partial charge in [-0.15, -0.1) is 6.58 Å². The molecule has 0 bridgehead atoms. The maximum Gasteiger partial charge on any atom is 0.243 e. The Hall–Kier alpha value is -2.01. The number of rotatable bonds is 7. The van der Waals surface area contributed by atoms with Crippen molar-refractivity contribution in [3.8, 4) is 0 Å². The maximum absolute atomic E-state index is 11.6. The van der Waals surface area contributed by atoms with E-state index in [2.05, 4.69) is 22.2 Å². The summed E-state index contributed by atoms with van der Waals surface area (Å²) in [5.74, 6) is 0.548. The summed E-state index contributed by atoms with van der Waals surface area (Å²) < 4.78 is 0. The van der Waals surface area contributed by atoms with Crippen LogP contribution in [0.3, 0.4) is 0 Å². The molecule has 2 N–H and O–H groups in total. The van der Waals surface area contributed by atoms with Crippen LogP contribution in [0.4, 0.5) is 0 Å². The van der Waals surface area contributed by atoms with E-state index in [0.29, 0.717) is 19.0 Å². The molecule has 6 heteroatoms. The third kappa shape index (κ3) is 7.13. The van der Waals surface area contributed by atoms with E-state index in [9.17, 15) is 4.79 Å². The third-order valence-electron chi connectivity index (χ3n) is 2.88. The van der Waals surface area contributed by atoms with Crippen LogP contribution in [0.2, 0.25) is 5.02 Å². The van der Waals surface area contributed by atoms with E-state index in [-0.39, 0.29) is 12.5 Å². The number of halogens is 1. The predicted molar refractivity (Wildman–Crippen MR) is 92.4 cm³/mol. The number of hydrogen-bond donors (Lipinski definition) is 2. The van der Waals surface area contributed by atoms with E-state index in [1.54, 1.807) is 20.2 Å². The molecule has 22 heavy (non-hydrogen) atoms. The van der Waals surface area contributed by atoms with E-state index >= 15 is 0 Å². The average molecular weight is 323 g/mol. The number of likely N-dealkylation sites (N-methyl/N-ethyl adjacent to an activating group) is 1. The van der Waals surface area contributed by atoms with Crippen molar-refractivity contribution in [2.45, 2.75) is 6.42 Å². The molecule has 0 aliphatic rings. The molecule has 0 saturated heterocycles. The zero-order valence-corrected chi connectivity index (χ0v) is 13.9.